The average molecular weight is 290 g/mol. The van der Waals surface area contributed by atoms with Crippen LogP contribution in [0.15, 0.2) is 30.5 Å². The Bertz CT molecular complexity index is 581. The number of aliphatic hydroxyl groups excluding tert-OH is 1. The Morgan fingerprint density at radius 3 is 2.67 bits per heavy atom. The Balaban J connectivity index is 1.86. The summed E-state index contributed by atoms with van der Waals surface area (Å²) in [5.74, 6) is 0. The molecular weight excluding hydrogens is 272 g/mol. The van der Waals surface area contributed by atoms with Crippen LogP contribution >= 0.6 is 0 Å². The van der Waals surface area contributed by atoms with E-state index in [0.717, 1.165) is 11.4 Å². The van der Waals surface area contributed by atoms with E-state index >= 15 is 0 Å². The number of nitrogens with one attached hydrogen (secondary N) is 3. The smallest absolute Gasteiger partial charge is 0.318 e. The molecule has 8 heteroatoms. The van der Waals surface area contributed by atoms with E-state index in [-0.39, 0.29) is 12.6 Å². The Kier molecular flexibility index (Phi) is 5.10. The summed E-state index contributed by atoms with van der Waals surface area (Å²) in [6.45, 7) is 1.01. The maximum atomic E-state index is 11.2. The Morgan fingerprint density at radius 1 is 1.29 bits per heavy atom. The van der Waals surface area contributed by atoms with Crippen molar-refractivity contribution in [1.29, 1.82) is 0 Å². The number of carbonyl (C=O) groups is 1. The summed E-state index contributed by atoms with van der Waals surface area (Å²) in [5, 5.41) is 25.1. The number of anilines is 2. The third-order valence-corrected chi connectivity index (χ3v) is 2.76. The lowest BCUT2D eigenvalue weighted by Gasteiger charge is -2.07. The molecule has 2 aromatic rings. The van der Waals surface area contributed by atoms with Crippen molar-refractivity contribution in [2.45, 2.75) is 13.1 Å². The summed E-state index contributed by atoms with van der Waals surface area (Å²) in [5.41, 5.74) is 2.42. The predicted molar refractivity (Wildman–Crippen MR) is 79.0 cm³/mol. The molecule has 4 N–H and O–H groups in total. The highest BCUT2D eigenvalue weighted by Gasteiger charge is 2.01. The van der Waals surface area contributed by atoms with E-state index in [0.29, 0.717) is 18.8 Å². The molecule has 0 saturated heterocycles. The van der Waals surface area contributed by atoms with Crippen LogP contribution in [-0.4, -0.2) is 39.8 Å². The summed E-state index contributed by atoms with van der Waals surface area (Å²) >= 11 is 0. The molecule has 0 spiro atoms. The van der Waals surface area contributed by atoms with Gasteiger partial charge in [-0.05, 0) is 24.3 Å². The lowest BCUT2D eigenvalue weighted by molar-refractivity contribution is 0.254. The average Bonchev–Trinajstić information content (AvgIpc) is 2.94. The summed E-state index contributed by atoms with van der Waals surface area (Å²) in [6, 6.07) is 7.09. The summed E-state index contributed by atoms with van der Waals surface area (Å²) < 4.78 is 1.59. The van der Waals surface area contributed by atoms with E-state index < -0.39 is 0 Å². The molecule has 0 fully saturated rings. The monoisotopic (exact) mass is 290 g/mol. The van der Waals surface area contributed by atoms with Crippen molar-refractivity contribution in [3.05, 3.63) is 36.2 Å². The molecule has 1 aromatic heterocycles. The van der Waals surface area contributed by atoms with Crippen LogP contribution in [0.5, 0.6) is 0 Å². The summed E-state index contributed by atoms with van der Waals surface area (Å²) in [4.78, 5) is 11.2. The second-order valence-corrected chi connectivity index (χ2v) is 4.33. The minimum atomic E-state index is -0.254. The largest absolute Gasteiger partial charge is 0.394 e. The second-order valence-electron chi connectivity index (χ2n) is 4.33. The highest BCUT2D eigenvalue weighted by Crippen LogP contribution is 2.14. The van der Waals surface area contributed by atoms with Crippen LogP contribution in [-0.2, 0) is 13.1 Å². The van der Waals surface area contributed by atoms with Gasteiger partial charge in [0.05, 0.1) is 25.9 Å². The first kappa shape index (κ1) is 14.8. The lowest BCUT2D eigenvalue weighted by Crippen LogP contribution is -2.24. The number of carbonyl (C=O) groups excluding carboxylic acids is 1. The van der Waals surface area contributed by atoms with Gasteiger partial charge in [-0.15, -0.1) is 5.10 Å². The fourth-order valence-corrected chi connectivity index (χ4v) is 1.69. The van der Waals surface area contributed by atoms with Gasteiger partial charge in [-0.2, -0.15) is 0 Å². The Labute approximate surface area is 122 Å². The number of aliphatic hydroxyl groups is 1. The third kappa shape index (κ3) is 4.46. The topological polar surface area (TPSA) is 104 Å². The van der Waals surface area contributed by atoms with Gasteiger partial charge in [0.15, 0.2) is 0 Å². The fraction of sp³-hybridized carbons (Fsp3) is 0.308. The zero-order chi connectivity index (χ0) is 15.1. The fourth-order valence-electron chi connectivity index (χ4n) is 1.69. The molecule has 0 aliphatic rings. The molecule has 0 bridgehead atoms. The van der Waals surface area contributed by atoms with E-state index in [2.05, 4.69) is 26.3 Å². The molecule has 2 rings (SSSR count). The first-order chi connectivity index (χ1) is 10.2. The van der Waals surface area contributed by atoms with Crippen molar-refractivity contribution in [2.24, 2.45) is 0 Å². The number of amides is 2. The van der Waals surface area contributed by atoms with Crippen LogP contribution in [0.3, 0.4) is 0 Å². The van der Waals surface area contributed by atoms with Crippen LogP contribution in [0.2, 0.25) is 0 Å². The van der Waals surface area contributed by atoms with Crippen LogP contribution in [0.1, 0.15) is 5.69 Å². The molecule has 1 aromatic carbocycles. The zero-order valence-electron chi connectivity index (χ0n) is 11.7. The number of hydrogen-bond acceptors (Lipinski definition) is 5. The van der Waals surface area contributed by atoms with Crippen molar-refractivity contribution in [2.75, 3.05) is 24.3 Å². The molecule has 0 atom stereocenters. The highest BCUT2D eigenvalue weighted by molar-refractivity contribution is 5.89. The first-order valence-electron chi connectivity index (χ1n) is 6.54. The van der Waals surface area contributed by atoms with Crippen molar-refractivity contribution < 1.29 is 9.90 Å². The third-order valence-electron chi connectivity index (χ3n) is 2.76. The lowest BCUT2D eigenvalue weighted by atomic mass is 10.2. The van der Waals surface area contributed by atoms with Gasteiger partial charge in [0.25, 0.3) is 0 Å². The maximum Gasteiger partial charge on any atom is 0.318 e. The molecule has 0 radical (unpaired) electrons. The van der Waals surface area contributed by atoms with Gasteiger partial charge >= 0.3 is 6.03 Å². The van der Waals surface area contributed by atoms with E-state index in [9.17, 15) is 4.79 Å². The summed E-state index contributed by atoms with van der Waals surface area (Å²) in [6.07, 6.45) is 1.78. The molecule has 2 amide bonds. The van der Waals surface area contributed by atoms with Crippen molar-refractivity contribution in [1.82, 2.24) is 20.3 Å². The molecule has 0 unspecified atom stereocenters. The van der Waals surface area contributed by atoms with Gasteiger partial charge in [0.1, 0.15) is 5.69 Å². The van der Waals surface area contributed by atoms with Gasteiger partial charge in [-0.3, -0.25) is 0 Å². The van der Waals surface area contributed by atoms with Crippen LogP contribution in [0.4, 0.5) is 16.2 Å². The van der Waals surface area contributed by atoms with Crippen LogP contribution < -0.4 is 16.0 Å². The molecule has 0 saturated carbocycles. The van der Waals surface area contributed by atoms with E-state index in [4.69, 9.17) is 5.11 Å². The van der Waals surface area contributed by atoms with Crippen molar-refractivity contribution >= 4 is 17.4 Å². The van der Waals surface area contributed by atoms with E-state index in [1.54, 1.807) is 30.1 Å². The highest BCUT2D eigenvalue weighted by atomic mass is 16.3. The number of aromatic nitrogens is 3. The van der Waals surface area contributed by atoms with Gasteiger partial charge < -0.3 is 21.1 Å². The number of benzene rings is 1. The Morgan fingerprint density at radius 2 is 2.00 bits per heavy atom. The minimum Gasteiger partial charge on any atom is -0.394 e. The summed E-state index contributed by atoms with van der Waals surface area (Å²) in [7, 11) is 1.56. The zero-order valence-corrected chi connectivity index (χ0v) is 11.7. The molecule has 112 valence electrons. The molecule has 0 aliphatic carbocycles. The minimum absolute atomic E-state index is 0.0377. The standard InChI is InChI=1S/C13H18N6O2/c1-14-13(21)16-11-4-2-10(3-5-11)15-8-12-9-19(6-7-20)18-17-12/h2-5,9,15,20H,6-8H2,1H3,(H2,14,16,21). The second kappa shape index (κ2) is 7.25. The van der Waals surface area contributed by atoms with Crippen LogP contribution in [0, 0.1) is 0 Å². The molecule has 21 heavy (non-hydrogen) atoms. The van der Waals surface area contributed by atoms with Crippen LogP contribution in [0.25, 0.3) is 0 Å². The number of hydrogen-bond donors (Lipinski definition) is 4. The molecule has 1 heterocycles. The van der Waals surface area contributed by atoms with Gasteiger partial charge in [-0.1, -0.05) is 5.21 Å². The predicted octanol–water partition coefficient (Wildman–Crippen LogP) is 0.634. The number of rotatable bonds is 6. The number of nitrogens with zero attached hydrogens (tertiary/aromatic N) is 3. The molecule has 8 nitrogen and oxygen atoms in total. The van der Waals surface area contributed by atoms with Gasteiger partial charge in [0, 0.05) is 18.4 Å². The maximum absolute atomic E-state index is 11.2. The van der Waals surface area contributed by atoms with Crippen molar-refractivity contribution in [3.8, 4) is 0 Å². The normalized spacial score (nSPS) is 10.2. The first-order valence-corrected chi connectivity index (χ1v) is 6.54. The van der Waals surface area contributed by atoms with Gasteiger partial charge in [0.2, 0.25) is 0 Å². The molecular formula is C13H18N6O2. The Hall–Kier alpha value is -2.61. The van der Waals surface area contributed by atoms with E-state index in [1.165, 1.54) is 0 Å². The van der Waals surface area contributed by atoms with Gasteiger partial charge in [-0.25, -0.2) is 9.48 Å². The van der Waals surface area contributed by atoms with Crippen molar-refractivity contribution in [3.63, 3.8) is 0 Å². The van der Waals surface area contributed by atoms with E-state index in [1.807, 2.05) is 12.1 Å². The number of urea groups is 1. The quantitative estimate of drug-likeness (QED) is 0.625. The molecule has 0 aliphatic heterocycles. The SMILES string of the molecule is CNC(=O)Nc1ccc(NCc2cn(CCO)nn2)cc1.